The van der Waals surface area contributed by atoms with Gasteiger partial charge >= 0.3 is 5.16 Å². The number of rotatable bonds is 5. The Morgan fingerprint density at radius 2 is 1.79 bits per heavy atom. The highest BCUT2D eigenvalue weighted by molar-refractivity contribution is 7.98. The Morgan fingerprint density at radius 3 is 2.42 bits per heavy atom. The molecule has 0 unspecified atom stereocenters. The van der Waals surface area contributed by atoms with Crippen LogP contribution in [0.1, 0.15) is 0 Å². The summed E-state index contributed by atoms with van der Waals surface area (Å²) in [6.07, 6.45) is 3.84. The third kappa shape index (κ3) is 3.52. The van der Waals surface area contributed by atoms with E-state index < -0.39 is 4.92 Å². The maximum absolute atomic E-state index is 10.7. The van der Waals surface area contributed by atoms with Crippen LogP contribution in [0.15, 0.2) is 72.0 Å². The quantitative estimate of drug-likeness (QED) is 0.253. The van der Waals surface area contributed by atoms with Gasteiger partial charge in [-0.25, -0.2) is 5.43 Å². The predicted octanol–water partition coefficient (Wildman–Crippen LogP) is 3.54. The molecule has 3 aromatic rings. The lowest BCUT2D eigenvalue weighted by molar-refractivity contribution is -0.685. The lowest BCUT2D eigenvalue weighted by Crippen LogP contribution is -2.44. The molecule has 0 fully saturated rings. The van der Waals surface area contributed by atoms with Crippen molar-refractivity contribution in [2.24, 2.45) is 0 Å². The molecule has 0 atom stereocenters. The van der Waals surface area contributed by atoms with E-state index in [1.54, 1.807) is 16.8 Å². The molecular formula is C17H15N4O2S+. The number of benzene rings is 2. The molecule has 0 aliphatic carbocycles. The topological polar surface area (TPSA) is 71.9 Å². The minimum Gasteiger partial charge on any atom is -0.258 e. The fourth-order valence-electron chi connectivity index (χ4n) is 2.20. The molecule has 2 aromatic carbocycles. The first-order valence-corrected chi connectivity index (χ1v) is 8.43. The molecule has 120 valence electrons. The highest BCUT2D eigenvalue weighted by Gasteiger charge is 2.16. The van der Waals surface area contributed by atoms with Gasteiger partial charge in [-0.1, -0.05) is 30.3 Å². The van der Waals surface area contributed by atoms with E-state index in [1.165, 1.54) is 23.9 Å². The molecule has 1 aromatic heterocycles. The van der Waals surface area contributed by atoms with Crippen LogP contribution in [-0.2, 0) is 0 Å². The summed E-state index contributed by atoms with van der Waals surface area (Å²) in [6.45, 7) is 0. The number of nitrogens with one attached hydrogen (secondary N) is 1. The lowest BCUT2D eigenvalue weighted by atomic mass is 10.1. The maximum Gasteiger partial charge on any atom is 0.383 e. The third-order valence-corrected chi connectivity index (χ3v) is 4.04. The van der Waals surface area contributed by atoms with Crippen molar-refractivity contribution >= 4 is 23.1 Å². The van der Waals surface area contributed by atoms with Crippen LogP contribution in [0.4, 0.5) is 11.4 Å². The van der Waals surface area contributed by atoms with Crippen LogP contribution in [0.3, 0.4) is 0 Å². The van der Waals surface area contributed by atoms with Gasteiger partial charge in [0.1, 0.15) is 6.20 Å². The standard InChI is InChI=1S/C17H15N4O2S/c1-24-17-18-16(13-5-3-2-4-6-13)11-12-20(17)19-14-7-9-15(10-8-14)21(22)23/h2-12,19H,1H3/q+1. The van der Waals surface area contributed by atoms with Crippen LogP contribution in [0.25, 0.3) is 11.3 Å². The van der Waals surface area contributed by atoms with Crippen molar-refractivity contribution in [1.29, 1.82) is 0 Å². The van der Waals surface area contributed by atoms with Crippen molar-refractivity contribution in [3.05, 3.63) is 77.0 Å². The molecule has 0 bridgehead atoms. The van der Waals surface area contributed by atoms with Crippen LogP contribution in [0.2, 0.25) is 0 Å². The molecule has 3 rings (SSSR count). The first kappa shape index (κ1) is 15.9. The van der Waals surface area contributed by atoms with Crippen molar-refractivity contribution in [2.75, 3.05) is 11.7 Å². The Morgan fingerprint density at radius 1 is 1.08 bits per heavy atom. The van der Waals surface area contributed by atoms with Gasteiger partial charge in [-0.15, -0.1) is 4.68 Å². The molecule has 0 radical (unpaired) electrons. The molecule has 24 heavy (non-hydrogen) atoms. The fourth-order valence-corrected chi connectivity index (χ4v) is 2.69. The number of aromatic nitrogens is 2. The van der Waals surface area contributed by atoms with E-state index in [2.05, 4.69) is 10.4 Å². The summed E-state index contributed by atoms with van der Waals surface area (Å²) in [6, 6.07) is 18.1. The van der Waals surface area contributed by atoms with E-state index >= 15 is 0 Å². The number of anilines is 1. The Hall–Kier alpha value is -2.93. The van der Waals surface area contributed by atoms with E-state index in [1.807, 2.05) is 48.9 Å². The number of hydrogen-bond donors (Lipinski definition) is 1. The number of nitro groups is 1. The van der Waals surface area contributed by atoms with Crippen LogP contribution < -0.4 is 10.1 Å². The van der Waals surface area contributed by atoms with Crippen molar-refractivity contribution in [3.8, 4) is 11.3 Å². The van der Waals surface area contributed by atoms with Crippen LogP contribution in [0, 0.1) is 10.1 Å². The molecule has 0 saturated heterocycles. The Balaban J connectivity index is 1.87. The van der Waals surface area contributed by atoms with Crippen LogP contribution >= 0.6 is 11.8 Å². The Bertz CT molecular complexity index is 854. The van der Waals surface area contributed by atoms with Gasteiger partial charge in [-0.05, 0) is 35.1 Å². The first-order chi connectivity index (χ1) is 11.7. The third-order valence-electron chi connectivity index (χ3n) is 3.38. The summed E-state index contributed by atoms with van der Waals surface area (Å²) in [5.74, 6) is 0. The number of nitro benzene ring substituents is 1. The lowest BCUT2D eigenvalue weighted by Gasteiger charge is -2.06. The second-order valence-electron chi connectivity index (χ2n) is 4.95. The largest absolute Gasteiger partial charge is 0.383 e. The Kier molecular flexibility index (Phi) is 4.72. The van der Waals surface area contributed by atoms with Crippen molar-refractivity contribution in [2.45, 2.75) is 5.16 Å². The van der Waals surface area contributed by atoms with Gasteiger partial charge < -0.3 is 0 Å². The van der Waals surface area contributed by atoms with Gasteiger partial charge in [0.15, 0.2) is 5.69 Å². The zero-order valence-electron chi connectivity index (χ0n) is 12.9. The van der Waals surface area contributed by atoms with E-state index in [0.29, 0.717) is 0 Å². The summed E-state index contributed by atoms with van der Waals surface area (Å²) in [5.41, 5.74) is 5.93. The summed E-state index contributed by atoms with van der Waals surface area (Å²) in [7, 11) is 0. The van der Waals surface area contributed by atoms with E-state index in [0.717, 1.165) is 22.1 Å². The average molecular weight is 339 g/mol. The van der Waals surface area contributed by atoms with Crippen molar-refractivity contribution in [3.63, 3.8) is 0 Å². The van der Waals surface area contributed by atoms with Gasteiger partial charge in [-0.3, -0.25) is 10.1 Å². The minimum atomic E-state index is -0.416. The van der Waals surface area contributed by atoms with Gasteiger partial charge in [0.05, 0.1) is 10.6 Å². The molecule has 1 N–H and O–H groups in total. The second kappa shape index (κ2) is 7.10. The first-order valence-electron chi connectivity index (χ1n) is 7.21. The van der Waals surface area contributed by atoms with Crippen molar-refractivity contribution in [1.82, 2.24) is 4.98 Å². The van der Waals surface area contributed by atoms with Gasteiger partial charge in [0.25, 0.3) is 5.69 Å². The summed E-state index contributed by atoms with van der Waals surface area (Å²) < 4.78 is 1.79. The second-order valence-corrected chi connectivity index (χ2v) is 5.72. The molecule has 0 amide bonds. The molecular weight excluding hydrogens is 324 g/mol. The molecule has 0 saturated carbocycles. The van der Waals surface area contributed by atoms with Crippen LogP contribution in [0.5, 0.6) is 0 Å². The Labute approximate surface area is 143 Å². The SMILES string of the molecule is CSc1nc(-c2ccccc2)cc[n+]1Nc1ccc([N+](=O)[O-])cc1. The normalized spacial score (nSPS) is 10.4. The molecule has 0 aliphatic heterocycles. The fraction of sp³-hybridized carbons (Fsp3) is 0.0588. The smallest absolute Gasteiger partial charge is 0.258 e. The van der Waals surface area contributed by atoms with E-state index in [9.17, 15) is 10.1 Å². The van der Waals surface area contributed by atoms with Gasteiger partial charge in [-0.2, -0.15) is 0 Å². The van der Waals surface area contributed by atoms with Crippen LogP contribution in [-0.4, -0.2) is 16.2 Å². The van der Waals surface area contributed by atoms with E-state index in [-0.39, 0.29) is 5.69 Å². The summed E-state index contributed by atoms with van der Waals surface area (Å²) in [4.78, 5) is 15.0. The van der Waals surface area contributed by atoms with E-state index in [4.69, 9.17) is 0 Å². The maximum atomic E-state index is 10.7. The average Bonchev–Trinajstić information content (AvgIpc) is 2.63. The highest BCUT2D eigenvalue weighted by atomic mass is 32.2. The number of non-ortho nitro benzene ring substituents is 1. The predicted molar refractivity (Wildman–Crippen MR) is 93.8 cm³/mol. The number of thioether (sulfide) groups is 1. The van der Waals surface area contributed by atoms with Crippen molar-refractivity contribution < 1.29 is 9.60 Å². The molecule has 1 heterocycles. The van der Waals surface area contributed by atoms with Gasteiger partial charge in [0, 0.05) is 23.8 Å². The minimum absolute atomic E-state index is 0.0631. The summed E-state index contributed by atoms with van der Waals surface area (Å²) >= 11 is 1.51. The molecule has 6 nitrogen and oxygen atoms in total. The number of nitrogens with zero attached hydrogens (tertiary/aromatic N) is 3. The zero-order valence-corrected chi connectivity index (χ0v) is 13.7. The molecule has 0 spiro atoms. The van der Waals surface area contributed by atoms with Gasteiger partial charge in [0.2, 0.25) is 0 Å². The highest BCUT2D eigenvalue weighted by Crippen LogP contribution is 2.19. The zero-order chi connectivity index (χ0) is 16.9. The molecule has 7 heteroatoms. The monoisotopic (exact) mass is 339 g/mol. The summed E-state index contributed by atoms with van der Waals surface area (Å²) in [5, 5.41) is 11.5. The molecule has 0 aliphatic rings. The number of hydrogen-bond acceptors (Lipinski definition) is 5.